The summed E-state index contributed by atoms with van der Waals surface area (Å²) in [6.45, 7) is -0.0888. The molecule has 18 heteroatoms. The maximum absolute atomic E-state index is 13.9. The number of carbonyl (C=O) groups is 6. The second-order valence-electron chi connectivity index (χ2n) is 12.9. The van der Waals surface area contributed by atoms with E-state index in [4.69, 9.17) is 15.6 Å². The zero-order valence-corrected chi connectivity index (χ0v) is 29.8. The van der Waals surface area contributed by atoms with Gasteiger partial charge in [0.05, 0.1) is 6.54 Å². The molecule has 1 aliphatic heterocycles. The zero-order valence-electron chi connectivity index (χ0n) is 29.8. The molecule has 3 aromatic carbocycles. The number of aliphatic carboxylic acids is 2. The molecule has 1 saturated heterocycles. The quantitative estimate of drug-likeness (QED) is 0.0925. The van der Waals surface area contributed by atoms with E-state index in [2.05, 4.69) is 20.9 Å². The van der Waals surface area contributed by atoms with Gasteiger partial charge in [0.2, 0.25) is 23.6 Å². The lowest BCUT2D eigenvalue weighted by Gasteiger charge is -2.30. The Morgan fingerprint density at radius 2 is 1.41 bits per heavy atom. The Kier molecular flexibility index (Phi) is 14.5. The largest absolute Gasteiger partial charge is 0.508 e. The van der Waals surface area contributed by atoms with Gasteiger partial charge in [-0.3, -0.25) is 19.2 Å². The first-order valence-electron chi connectivity index (χ1n) is 17.4. The number of H-pyrrole nitrogens is 1. The number of carbonyl (C=O) groups excluding carboxylic acids is 4. The van der Waals surface area contributed by atoms with Crippen LogP contribution in [0.4, 0.5) is 13.2 Å². The molecular formula is C38H41F3N6O9. The van der Waals surface area contributed by atoms with Gasteiger partial charge in [-0.25, -0.2) is 9.59 Å². The van der Waals surface area contributed by atoms with Crippen molar-refractivity contribution in [2.75, 3.05) is 13.1 Å². The number of fused-ring (bicyclic) bond motifs is 1. The molecule has 0 radical (unpaired) electrons. The standard InChI is InChI=1S/C36H40N6O7.C2HF3O2/c37-20-32(44)39-29(17-23-12-14-25(43)15-13-23)35(47)42-16-6-11-31(42)34(46)40-28(19-24-21-38-27-10-5-4-9-26(24)27)33(45)41-30(36(48)49)18-22-7-2-1-3-8-22;3-2(4,5)1(6)7/h1-5,7-10,12-15,21,28-31,38,43H,6,11,16-20,37H2,(H,39,44)(H,40,46)(H,41,45)(H,48,49);(H,6,7)/t28-,29+,30+,31-;/m0./s1. The molecule has 0 saturated carbocycles. The molecule has 0 aliphatic carbocycles. The zero-order chi connectivity index (χ0) is 41.0. The Morgan fingerprint density at radius 3 is 2.04 bits per heavy atom. The summed E-state index contributed by atoms with van der Waals surface area (Å²) in [5.41, 5.74) is 8.49. The molecule has 15 nitrogen and oxygen atoms in total. The number of hydrogen-bond donors (Lipinski definition) is 8. The number of carboxylic acids is 2. The van der Waals surface area contributed by atoms with Gasteiger partial charge in [-0.1, -0.05) is 60.7 Å². The Balaban J connectivity index is 0.000000908. The molecule has 1 fully saturated rings. The fourth-order valence-electron chi connectivity index (χ4n) is 6.14. The predicted octanol–water partition coefficient (Wildman–Crippen LogP) is 2.02. The molecule has 1 aromatic heterocycles. The van der Waals surface area contributed by atoms with Crippen molar-refractivity contribution < 1.29 is 57.3 Å². The van der Waals surface area contributed by atoms with E-state index >= 15 is 0 Å². The third-order valence-corrected chi connectivity index (χ3v) is 8.91. The summed E-state index contributed by atoms with van der Waals surface area (Å²) in [6.07, 6.45) is -2.32. The number of phenols is 1. The number of aromatic hydroxyl groups is 1. The number of aromatic nitrogens is 1. The number of phenolic OH excluding ortho intramolecular Hbond substituents is 1. The van der Waals surface area contributed by atoms with Crippen LogP contribution >= 0.6 is 0 Å². The summed E-state index contributed by atoms with van der Waals surface area (Å²) < 4.78 is 31.7. The van der Waals surface area contributed by atoms with Gasteiger partial charge in [0.25, 0.3) is 0 Å². The third kappa shape index (κ3) is 11.8. The molecule has 5 rings (SSSR count). The van der Waals surface area contributed by atoms with E-state index in [1.807, 2.05) is 30.3 Å². The van der Waals surface area contributed by atoms with Gasteiger partial charge in [0.1, 0.15) is 29.9 Å². The van der Waals surface area contributed by atoms with Crippen molar-refractivity contribution in [2.45, 2.75) is 62.4 Å². The number of hydrogen-bond acceptors (Lipinski definition) is 8. The molecule has 4 atom stereocenters. The normalized spacial score (nSPS) is 15.4. The van der Waals surface area contributed by atoms with Crippen LogP contribution in [-0.4, -0.2) is 104 Å². The lowest BCUT2D eigenvalue weighted by atomic mass is 10.0. The van der Waals surface area contributed by atoms with Crippen LogP contribution in [0.5, 0.6) is 5.75 Å². The molecule has 2 heterocycles. The van der Waals surface area contributed by atoms with Gasteiger partial charge in [-0.05, 0) is 47.7 Å². The van der Waals surface area contributed by atoms with Gasteiger partial charge in [-0.2, -0.15) is 13.2 Å². The van der Waals surface area contributed by atoms with Crippen LogP contribution in [0.1, 0.15) is 29.5 Å². The summed E-state index contributed by atoms with van der Waals surface area (Å²) >= 11 is 0. The van der Waals surface area contributed by atoms with E-state index in [1.165, 1.54) is 17.0 Å². The van der Waals surface area contributed by atoms with Crippen LogP contribution in [-0.2, 0) is 48.0 Å². The molecule has 56 heavy (non-hydrogen) atoms. The van der Waals surface area contributed by atoms with Crippen LogP contribution in [0.25, 0.3) is 10.9 Å². The monoisotopic (exact) mass is 782 g/mol. The average molecular weight is 783 g/mol. The number of nitrogens with two attached hydrogens (primary N) is 1. The van der Waals surface area contributed by atoms with Gasteiger partial charge in [0.15, 0.2) is 0 Å². The number of rotatable bonds is 14. The Morgan fingerprint density at radius 1 is 0.804 bits per heavy atom. The highest BCUT2D eigenvalue weighted by molar-refractivity contribution is 5.96. The fourth-order valence-corrected chi connectivity index (χ4v) is 6.14. The van der Waals surface area contributed by atoms with Gasteiger partial charge in [0, 0.05) is 42.9 Å². The Hall–Kier alpha value is -6.43. The number of nitrogens with zero attached hydrogens (tertiary/aromatic N) is 1. The predicted molar refractivity (Wildman–Crippen MR) is 195 cm³/mol. The van der Waals surface area contributed by atoms with Gasteiger partial charge >= 0.3 is 18.1 Å². The summed E-state index contributed by atoms with van der Waals surface area (Å²) in [5.74, 6) is -6.22. The number of alkyl halides is 3. The van der Waals surface area contributed by atoms with Crippen LogP contribution in [0.3, 0.4) is 0 Å². The maximum atomic E-state index is 13.9. The molecule has 0 spiro atoms. The van der Waals surface area contributed by atoms with E-state index in [0.29, 0.717) is 18.4 Å². The topological polar surface area (TPSA) is 244 Å². The number of carboxylic acid groups (broad SMARTS) is 2. The first kappa shape index (κ1) is 42.3. The minimum atomic E-state index is -5.08. The van der Waals surface area contributed by atoms with E-state index in [1.54, 1.807) is 42.6 Å². The molecule has 4 amide bonds. The highest BCUT2D eigenvalue weighted by atomic mass is 19.4. The minimum absolute atomic E-state index is 0.0392. The summed E-state index contributed by atoms with van der Waals surface area (Å²) in [5, 5.41) is 35.7. The molecule has 4 aromatic rings. The SMILES string of the molecule is NCC(=O)N[C@H](Cc1ccc(O)cc1)C(=O)N1CCC[C@H]1C(=O)N[C@@H](Cc1c[nH]c2ccccc12)C(=O)N[C@H](Cc1ccccc1)C(=O)O.O=C(O)C(F)(F)F. The van der Waals surface area contributed by atoms with Crippen molar-refractivity contribution in [2.24, 2.45) is 5.73 Å². The highest BCUT2D eigenvalue weighted by Gasteiger charge is 2.40. The number of likely N-dealkylation sites (tertiary alicyclic amines) is 1. The highest BCUT2D eigenvalue weighted by Crippen LogP contribution is 2.23. The number of nitrogens with one attached hydrogen (secondary N) is 4. The van der Waals surface area contributed by atoms with E-state index < -0.39 is 65.9 Å². The average Bonchev–Trinajstić information content (AvgIpc) is 3.83. The first-order valence-corrected chi connectivity index (χ1v) is 17.4. The fraction of sp³-hybridized carbons (Fsp3) is 0.316. The van der Waals surface area contributed by atoms with Crippen molar-refractivity contribution in [3.63, 3.8) is 0 Å². The van der Waals surface area contributed by atoms with E-state index in [9.17, 15) is 47.4 Å². The third-order valence-electron chi connectivity index (χ3n) is 8.91. The Labute approximate surface area is 318 Å². The number of halogens is 3. The number of aromatic amines is 1. The molecule has 9 N–H and O–H groups in total. The van der Waals surface area contributed by atoms with Crippen LogP contribution in [0.15, 0.2) is 85.1 Å². The molecule has 0 bridgehead atoms. The van der Waals surface area contributed by atoms with Crippen molar-refractivity contribution >= 4 is 46.5 Å². The van der Waals surface area contributed by atoms with Gasteiger partial charge in [-0.15, -0.1) is 0 Å². The molecule has 298 valence electrons. The van der Waals surface area contributed by atoms with Crippen LogP contribution < -0.4 is 21.7 Å². The maximum Gasteiger partial charge on any atom is 0.490 e. The first-order chi connectivity index (χ1) is 26.6. The van der Waals surface area contributed by atoms with E-state index in [0.717, 1.165) is 22.0 Å². The lowest BCUT2D eigenvalue weighted by molar-refractivity contribution is -0.192. The smallest absolute Gasteiger partial charge is 0.490 e. The number of para-hydroxylation sites is 1. The van der Waals surface area contributed by atoms with Crippen molar-refractivity contribution in [1.82, 2.24) is 25.8 Å². The van der Waals surface area contributed by atoms with E-state index in [-0.39, 0.29) is 38.1 Å². The molecule has 0 unspecified atom stereocenters. The minimum Gasteiger partial charge on any atom is -0.508 e. The second kappa shape index (κ2) is 19.2. The Bertz CT molecular complexity index is 2010. The summed E-state index contributed by atoms with van der Waals surface area (Å²) in [4.78, 5) is 79.6. The lowest BCUT2D eigenvalue weighted by Crippen LogP contribution is -2.58. The van der Waals surface area contributed by atoms with Crippen molar-refractivity contribution in [3.8, 4) is 5.75 Å². The van der Waals surface area contributed by atoms with Crippen molar-refractivity contribution in [1.29, 1.82) is 0 Å². The van der Waals surface area contributed by atoms with Gasteiger partial charge < -0.3 is 46.9 Å². The second-order valence-corrected chi connectivity index (χ2v) is 12.9. The summed E-state index contributed by atoms with van der Waals surface area (Å²) in [7, 11) is 0. The van der Waals surface area contributed by atoms with Crippen molar-refractivity contribution in [3.05, 3.63) is 102 Å². The van der Waals surface area contributed by atoms with Crippen LogP contribution in [0, 0.1) is 0 Å². The molecular weight excluding hydrogens is 741 g/mol. The number of amides is 4. The molecule has 1 aliphatic rings. The van der Waals surface area contributed by atoms with Crippen LogP contribution in [0.2, 0.25) is 0 Å². The number of benzene rings is 3. The summed E-state index contributed by atoms with van der Waals surface area (Å²) in [6, 6.07) is 18.2.